The molecule has 0 aliphatic carbocycles. The average Bonchev–Trinajstić information content (AvgIpc) is 2.54. The molecule has 0 radical (unpaired) electrons. The van der Waals surface area contributed by atoms with Crippen LogP contribution in [0.25, 0.3) is 0 Å². The molecule has 0 spiro atoms. The summed E-state index contributed by atoms with van der Waals surface area (Å²) in [5.74, 6) is -0.0963. The first-order valence-corrected chi connectivity index (χ1v) is 9.36. The molecule has 22 heavy (non-hydrogen) atoms. The van der Waals surface area contributed by atoms with Gasteiger partial charge in [-0.25, -0.2) is 0 Å². The number of carbonyl (C=O) groups excluding carboxylic acids is 1. The van der Waals surface area contributed by atoms with Gasteiger partial charge in [0, 0.05) is 34.3 Å². The summed E-state index contributed by atoms with van der Waals surface area (Å²) in [5, 5.41) is 3.72. The van der Waals surface area contributed by atoms with Crippen molar-refractivity contribution in [2.75, 3.05) is 19.0 Å². The van der Waals surface area contributed by atoms with Gasteiger partial charge in [0.05, 0.1) is 6.04 Å². The highest BCUT2D eigenvalue weighted by molar-refractivity contribution is 7.86. The third kappa shape index (κ3) is 5.07. The molecular formula is C16H22ClNO3S. The molecule has 6 heteroatoms. The Morgan fingerprint density at radius 3 is 2.59 bits per heavy atom. The minimum Gasteiger partial charge on any atom is -0.381 e. The van der Waals surface area contributed by atoms with Crippen molar-refractivity contribution in [2.45, 2.75) is 37.5 Å². The Labute approximate surface area is 139 Å². The van der Waals surface area contributed by atoms with Crippen molar-refractivity contribution < 1.29 is 13.7 Å². The molecule has 2 rings (SSSR count). The van der Waals surface area contributed by atoms with Gasteiger partial charge in [-0.15, -0.1) is 0 Å². The number of halogens is 1. The SMILES string of the molecule is CCC(NC(=O)CS(=O)C1CCOCC1)c1ccc(Cl)cc1. The van der Waals surface area contributed by atoms with Gasteiger partial charge < -0.3 is 10.1 Å². The molecule has 2 atom stereocenters. The molecule has 0 aromatic heterocycles. The highest BCUT2D eigenvalue weighted by atomic mass is 35.5. The van der Waals surface area contributed by atoms with E-state index in [0.717, 1.165) is 24.8 Å². The predicted octanol–water partition coefficient (Wildman–Crippen LogP) is 2.84. The maximum absolute atomic E-state index is 12.2. The molecule has 0 bridgehead atoms. The average molecular weight is 344 g/mol. The van der Waals surface area contributed by atoms with Crippen molar-refractivity contribution in [3.63, 3.8) is 0 Å². The summed E-state index contributed by atoms with van der Waals surface area (Å²) in [5.41, 5.74) is 1.01. The van der Waals surface area contributed by atoms with Crippen molar-refractivity contribution in [2.24, 2.45) is 0 Å². The number of ether oxygens (including phenoxy) is 1. The van der Waals surface area contributed by atoms with Crippen molar-refractivity contribution in [3.05, 3.63) is 34.9 Å². The van der Waals surface area contributed by atoms with Crippen LogP contribution in [-0.4, -0.2) is 34.3 Å². The Hall–Kier alpha value is -0.910. The topological polar surface area (TPSA) is 55.4 Å². The molecular weight excluding hydrogens is 322 g/mol. The second-order valence-electron chi connectivity index (χ2n) is 5.42. The molecule has 0 saturated carbocycles. The predicted molar refractivity (Wildman–Crippen MR) is 89.5 cm³/mol. The molecule has 1 fully saturated rings. The normalized spacial score (nSPS) is 18.6. The minimum absolute atomic E-state index is 0.0642. The minimum atomic E-state index is -1.13. The molecule has 1 N–H and O–H groups in total. The highest BCUT2D eigenvalue weighted by Gasteiger charge is 2.23. The van der Waals surface area contributed by atoms with Crippen LogP contribution in [0.3, 0.4) is 0 Å². The first-order valence-electron chi connectivity index (χ1n) is 7.60. The van der Waals surface area contributed by atoms with Gasteiger partial charge in [-0.2, -0.15) is 0 Å². The Morgan fingerprint density at radius 2 is 2.00 bits per heavy atom. The zero-order valence-corrected chi connectivity index (χ0v) is 14.3. The van der Waals surface area contributed by atoms with E-state index in [-0.39, 0.29) is 23.0 Å². The molecule has 2 unspecified atom stereocenters. The van der Waals surface area contributed by atoms with Crippen LogP contribution in [0, 0.1) is 0 Å². The lowest BCUT2D eigenvalue weighted by Crippen LogP contribution is -2.35. The van der Waals surface area contributed by atoms with E-state index < -0.39 is 10.8 Å². The van der Waals surface area contributed by atoms with Crippen LogP contribution in [0.4, 0.5) is 0 Å². The van der Waals surface area contributed by atoms with Crippen LogP contribution in [0.5, 0.6) is 0 Å². The monoisotopic (exact) mass is 343 g/mol. The van der Waals surface area contributed by atoms with Gasteiger partial charge in [-0.05, 0) is 37.0 Å². The molecule has 1 aliphatic heterocycles. The summed E-state index contributed by atoms with van der Waals surface area (Å²) in [6.07, 6.45) is 2.32. The summed E-state index contributed by atoms with van der Waals surface area (Å²) >= 11 is 5.88. The van der Waals surface area contributed by atoms with E-state index in [1.54, 1.807) is 0 Å². The summed E-state index contributed by atoms with van der Waals surface area (Å²) in [7, 11) is -1.13. The van der Waals surface area contributed by atoms with Crippen LogP contribution in [0.15, 0.2) is 24.3 Å². The Bertz CT molecular complexity index is 515. The Balaban J connectivity index is 1.88. The van der Waals surface area contributed by atoms with Crippen LogP contribution in [0.1, 0.15) is 37.8 Å². The van der Waals surface area contributed by atoms with Crippen LogP contribution in [0.2, 0.25) is 5.02 Å². The molecule has 1 aliphatic rings. The standard InChI is InChI=1S/C16H22ClNO3S/c1-2-15(12-3-5-13(17)6-4-12)18-16(19)11-22(20)14-7-9-21-10-8-14/h3-6,14-15H,2,7-11H2,1H3,(H,18,19). The van der Waals surface area contributed by atoms with Crippen LogP contribution in [-0.2, 0) is 20.3 Å². The quantitative estimate of drug-likeness (QED) is 0.864. The maximum atomic E-state index is 12.2. The number of hydrogen-bond donors (Lipinski definition) is 1. The van der Waals surface area contributed by atoms with Crippen molar-refractivity contribution in [1.82, 2.24) is 5.32 Å². The van der Waals surface area contributed by atoms with E-state index >= 15 is 0 Å². The van der Waals surface area contributed by atoms with Crippen LogP contribution < -0.4 is 5.32 Å². The van der Waals surface area contributed by atoms with Gasteiger partial charge in [0.1, 0.15) is 5.75 Å². The lowest BCUT2D eigenvalue weighted by Gasteiger charge is -2.22. The second-order valence-corrected chi connectivity index (χ2v) is 7.57. The number of benzene rings is 1. The summed E-state index contributed by atoms with van der Waals surface area (Å²) in [4.78, 5) is 12.1. The number of hydrogen-bond acceptors (Lipinski definition) is 3. The number of nitrogens with one attached hydrogen (secondary N) is 1. The number of carbonyl (C=O) groups is 1. The zero-order chi connectivity index (χ0) is 15.9. The lowest BCUT2D eigenvalue weighted by molar-refractivity contribution is -0.119. The largest absolute Gasteiger partial charge is 0.381 e. The van der Waals surface area contributed by atoms with Crippen molar-refractivity contribution in [1.29, 1.82) is 0 Å². The Morgan fingerprint density at radius 1 is 1.36 bits per heavy atom. The summed E-state index contributed by atoms with van der Waals surface area (Å²) in [6.45, 7) is 3.29. The van der Waals surface area contributed by atoms with Gasteiger partial charge in [0.15, 0.2) is 0 Å². The second kappa shape index (κ2) is 8.65. The van der Waals surface area contributed by atoms with Gasteiger partial charge in [0.2, 0.25) is 5.91 Å². The van der Waals surface area contributed by atoms with Crippen molar-refractivity contribution in [3.8, 4) is 0 Å². The third-order valence-corrected chi connectivity index (χ3v) is 5.84. The first kappa shape index (κ1) is 17.4. The summed E-state index contributed by atoms with van der Waals surface area (Å²) < 4.78 is 17.5. The highest BCUT2D eigenvalue weighted by Crippen LogP contribution is 2.19. The van der Waals surface area contributed by atoms with E-state index in [2.05, 4.69) is 5.32 Å². The van der Waals surface area contributed by atoms with E-state index in [9.17, 15) is 9.00 Å². The molecule has 1 aromatic carbocycles. The molecule has 1 heterocycles. The fraction of sp³-hybridized carbons (Fsp3) is 0.562. The lowest BCUT2D eigenvalue weighted by atomic mass is 10.0. The number of amides is 1. The third-order valence-electron chi connectivity index (χ3n) is 3.83. The van der Waals surface area contributed by atoms with Gasteiger partial charge in [-0.3, -0.25) is 9.00 Å². The smallest absolute Gasteiger partial charge is 0.233 e. The van der Waals surface area contributed by atoms with Crippen molar-refractivity contribution >= 4 is 28.3 Å². The summed E-state index contributed by atoms with van der Waals surface area (Å²) in [6, 6.07) is 7.37. The molecule has 4 nitrogen and oxygen atoms in total. The van der Waals surface area contributed by atoms with E-state index in [1.165, 1.54) is 0 Å². The molecule has 1 aromatic rings. The Kier molecular flexibility index (Phi) is 6.86. The van der Waals surface area contributed by atoms with Gasteiger partial charge in [-0.1, -0.05) is 30.7 Å². The van der Waals surface area contributed by atoms with E-state index in [4.69, 9.17) is 16.3 Å². The molecule has 1 amide bonds. The van der Waals surface area contributed by atoms with Crippen LogP contribution >= 0.6 is 11.6 Å². The zero-order valence-electron chi connectivity index (χ0n) is 12.7. The van der Waals surface area contributed by atoms with E-state index in [1.807, 2.05) is 31.2 Å². The fourth-order valence-corrected chi connectivity index (χ4v) is 3.96. The first-order chi connectivity index (χ1) is 10.6. The molecule has 122 valence electrons. The van der Waals surface area contributed by atoms with Gasteiger partial charge >= 0.3 is 0 Å². The fourth-order valence-electron chi connectivity index (χ4n) is 2.54. The maximum Gasteiger partial charge on any atom is 0.233 e. The molecule has 1 saturated heterocycles. The van der Waals surface area contributed by atoms with E-state index in [0.29, 0.717) is 18.2 Å². The number of rotatable bonds is 6. The van der Waals surface area contributed by atoms with Gasteiger partial charge in [0.25, 0.3) is 0 Å².